The van der Waals surface area contributed by atoms with Crippen LogP contribution in [0.4, 0.5) is 0 Å². The van der Waals surface area contributed by atoms with E-state index in [0.717, 1.165) is 26.9 Å². The third-order valence-electron chi connectivity index (χ3n) is 2.24. The van der Waals surface area contributed by atoms with Gasteiger partial charge >= 0.3 is 106 Å². The van der Waals surface area contributed by atoms with Gasteiger partial charge in [0.15, 0.2) is 0 Å². The van der Waals surface area contributed by atoms with Gasteiger partial charge in [-0.3, -0.25) is 0 Å². The summed E-state index contributed by atoms with van der Waals surface area (Å²) in [7, 11) is 0. The SMILES string of the molecule is CCCC[Se]CCCC#Cc1ccccc1. The van der Waals surface area contributed by atoms with Gasteiger partial charge in [0.05, 0.1) is 0 Å². The molecule has 0 heterocycles. The summed E-state index contributed by atoms with van der Waals surface area (Å²) in [6.45, 7) is 2.27. The predicted molar refractivity (Wildman–Crippen MR) is 72.8 cm³/mol. The average Bonchev–Trinajstić information content (AvgIpc) is 2.34. The van der Waals surface area contributed by atoms with E-state index in [9.17, 15) is 0 Å². The van der Waals surface area contributed by atoms with Gasteiger partial charge in [-0.15, -0.1) is 0 Å². The van der Waals surface area contributed by atoms with Crippen LogP contribution < -0.4 is 0 Å². The van der Waals surface area contributed by atoms with E-state index >= 15 is 0 Å². The molecule has 0 amide bonds. The van der Waals surface area contributed by atoms with Gasteiger partial charge in [0.25, 0.3) is 0 Å². The molecule has 0 aliphatic heterocycles. The second kappa shape index (κ2) is 9.52. The van der Waals surface area contributed by atoms with Crippen molar-refractivity contribution in [2.75, 3.05) is 0 Å². The van der Waals surface area contributed by atoms with E-state index in [-0.39, 0.29) is 0 Å². The molecule has 0 fully saturated rings. The number of benzene rings is 1. The quantitative estimate of drug-likeness (QED) is 0.417. The normalized spacial score (nSPS) is 9.56. The Kier molecular flexibility index (Phi) is 7.95. The summed E-state index contributed by atoms with van der Waals surface area (Å²) in [6, 6.07) is 10.2. The van der Waals surface area contributed by atoms with Crippen molar-refractivity contribution in [3.05, 3.63) is 35.9 Å². The summed E-state index contributed by atoms with van der Waals surface area (Å²) in [6.07, 6.45) is 5.09. The first-order chi connectivity index (χ1) is 7.93. The zero-order valence-corrected chi connectivity index (χ0v) is 11.8. The molecule has 0 bridgehead atoms. The van der Waals surface area contributed by atoms with Crippen LogP contribution in [0.5, 0.6) is 0 Å². The van der Waals surface area contributed by atoms with Crippen LogP contribution in [0.15, 0.2) is 30.3 Å². The Morgan fingerprint density at radius 3 is 2.56 bits per heavy atom. The second-order valence-corrected chi connectivity index (χ2v) is 6.31. The van der Waals surface area contributed by atoms with E-state index in [4.69, 9.17) is 0 Å². The van der Waals surface area contributed by atoms with Crippen molar-refractivity contribution >= 4 is 15.0 Å². The fraction of sp³-hybridized carbons (Fsp3) is 0.467. The number of rotatable bonds is 6. The van der Waals surface area contributed by atoms with E-state index in [1.807, 2.05) is 18.2 Å². The summed E-state index contributed by atoms with van der Waals surface area (Å²) >= 11 is 0.866. The molecular formula is C15H20Se. The summed E-state index contributed by atoms with van der Waals surface area (Å²) in [4.78, 5) is 0. The van der Waals surface area contributed by atoms with E-state index in [2.05, 4.69) is 30.9 Å². The first-order valence-electron chi connectivity index (χ1n) is 6.05. The summed E-state index contributed by atoms with van der Waals surface area (Å²) in [5.74, 6) is 6.46. The molecule has 0 atom stereocenters. The maximum atomic E-state index is 3.25. The molecule has 1 aromatic carbocycles. The Balaban J connectivity index is 2.05. The Bertz CT molecular complexity index is 318. The number of hydrogen-bond acceptors (Lipinski definition) is 0. The average molecular weight is 279 g/mol. The van der Waals surface area contributed by atoms with Crippen molar-refractivity contribution in [2.45, 2.75) is 43.2 Å². The Morgan fingerprint density at radius 1 is 1.06 bits per heavy atom. The first-order valence-corrected chi connectivity index (χ1v) is 8.47. The second-order valence-electron chi connectivity index (χ2n) is 3.74. The van der Waals surface area contributed by atoms with Crippen LogP contribution in [0.2, 0.25) is 10.6 Å². The van der Waals surface area contributed by atoms with Crippen molar-refractivity contribution < 1.29 is 0 Å². The third-order valence-corrected chi connectivity index (χ3v) is 4.66. The van der Waals surface area contributed by atoms with Crippen LogP contribution in [-0.4, -0.2) is 15.0 Å². The van der Waals surface area contributed by atoms with Gasteiger partial charge in [0.1, 0.15) is 0 Å². The van der Waals surface area contributed by atoms with E-state index < -0.39 is 0 Å². The summed E-state index contributed by atoms with van der Waals surface area (Å²) < 4.78 is 0. The fourth-order valence-electron chi connectivity index (χ4n) is 1.30. The molecule has 0 N–H and O–H groups in total. The Morgan fingerprint density at radius 2 is 1.81 bits per heavy atom. The monoisotopic (exact) mass is 280 g/mol. The van der Waals surface area contributed by atoms with Crippen molar-refractivity contribution in [3.8, 4) is 11.8 Å². The van der Waals surface area contributed by atoms with Gasteiger partial charge in [-0.05, 0) is 0 Å². The molecule has 0 unspecified atom stereocenters. The van der Waals surface area contributed by atoms with Crippen LogP contribution in [0.1, 0.15) is 38.2 Å². The predicted octanol–water partition coefficient (Wildman–Crippen LogP) is 4.16. The Labute approximate surface area is 106 Å². The molecular weight excluding hydrogens is 259 g/mol. The molecule has 86 valence electrons. The molecule has 0 saturated carbocycles. The molecule has 0 aliphatic carbocycles. The first kappa shape index (κ1) is 13.4. The minimum atomic E-state index is 0.866. The van der Waals surface area contributed by atoms with Crippen LogP contribution in [0, 0.1) is 11.8 Å². The molecule has 1 rings (SSSR count). The van der Waals surface area contributed by atoms with Crippen LogP contribution in [0.25, 0.3) is 0 Å². The van der Waals surface area contributed by atoms with Crippen molar-refractivity contribution in [1.82, 2.24) is 0 Å². The summed E-state index contributed by atoms with van der Waals surface area (Å²) in [5.41, 5.74) is 1.14. The number of hydrogen-bond donors (Lipinski definition) is 0. The van der Waals surface area contributed by atoms with Gasteiger partial charge in [-0.25, -0.2) is 0 Å². The van der Waals surface area contributed by atoms with E-state index in [1.54, 1.807) is 0 Å². The van der Waals surface area contributed by atoms with Gasteiger partial charge < -0.3 is 0 Å². The zero-order valence-electron chi connectivity index (χ0n) is 10.0. The van der Waals surface area contributed by atoms with Gasteiger partial charge in [-0.1, -0.05) is 0 Å². The Hall–Kier alpha value is -0.701. The van der Waals surface area contributed by atoms with Crippen LogP contribution in [-0.2, 0) is 0 Å². The molecule has 0 spiro atoms. The third kappa shape index (κ3) is 6.72. The molecule has 0 nitrogen and oxygen atoms in total. The molecule has 1 aromatic rings. The van der Waals surface area contributed by atoms with Crippen LogP contribution >= 0.6 is 0 Å². The molecule has 0 saturated heterocycles. The zero-order chi connectivity index (χ0) is 11.5. The minimum absolute atomic E-state index is 0.866. The van der Waals surface area contributed by atoms with Gasteiger partial charge in [0, 0.05) is 0 Å². The van der Waals surface area contributed by atoms with Crippen molar-refractivity contribution in [3.63, 3.8) is 0 Å². The van der Waals surface area contributed by atoms with Crippen molar-refractivity contribution in [1.29, 1.82) is 0 Å². The molecule has 1 heteroatoms. The standard InChI is InChI=1S/C15H20Se/c1-2-3-13-16-14-9-5-8-12-15-10-6-4-7-11-15/h4,6-7,10-11H,2-3,5,9,13-14H2,1H3. The molecule has 0 aromatic heterocycles. The maximum absolute atomic E-state index is 3.25. The van der Waals surface area contributed by atoms with Gasteiger partial charge in [0.2, 0.25) is 0 Å². The number of unbranched alkanes of at least 4 members (excludes halogenated alkanes) is 2. The topological polar surface area (TPSA) is 0 Å². The van der Waals surface area contributed by atoms with Gasteiger partial charge in [-0.2, -0.15) is 0 Å². The molecule has 0 radical (unpaired) electrons. The van der Waals surface area contributed by atoms with Crippen LogP contribution in [0.3, 0.4) is 0 Å². The molecule has 16 heavy (non-hydrogen) atoms. The van der Waals surface area contributed by atoms with Crippen molar-refractivity contribution in [2.24, 2.45) is 0 Å². The van der Waals surface area contributed by atoms with E-state index in [1.165, 1.54) is 29.9 Å². The summed E-state index contributed by atoms with van der Waals surface area (Å²) in [5, 5.41) is 2.85. The van der Waals surface area contributed by atoms with E-state index in [0.29, 0.717) is 0 Å². The molecule has 0 aliphatic rings. The fourth-order valence-corrected chi connectivity index (χ4v) is 3.49.